The molecule has 0 radical (unpaired) electrons. The third-order valence-electron chi connectivity index (χ3n) is 3.89. The van der Waals surface area contributed by atoms with Crippen molar-refractivity contribution in [1.29, 1.82) is 0 Å². The maximum atomic E-state index is 12.2. The second-order valence-electron chi connectivity index (χ2n) is 5.66. The van der Waals surface area contributed by atoms with Crippen molar-refractivity contribution in [3.8, 4) is 11.4 Å². The van der Waals surface area contributed by atoms with Crippen LogP contribution in [0.15, 0.2) is 59.4 Å². The molecule has 0 N–H and O–H groups in total. The van der Waals surface area contributed by atoms with E-state index in [-0.39, 0.29) is 12.5 Å². The van der Waals surface area contributed by atoms with Crippen molar-refractivity contribution in [2.75, 3.05) is 0 Å². The minimum Gasteiger partial charge on any atom is -0.452 e. The molecule has 0 bridgehead atoms. The maximum Gasteiger partial charge on any atom is 0.338 e. The van der Waals surface area contributed by atoms with Crippen LogP contribution >= 0.6 is 0 Å². The Kier molecular flexibility index (Phi) is 4.10. The monoisotopic (exact) mass is 346 g/mol. The number of hydrogen-bond acceptors (Lipinski definition) is 7. The molecule has 0 aliphatic rings. The highest BCUT2D eigenvalue weighted by Gasteiger charge is 2.14. The number of ether oxygens (including phenoxy) is 1. The van der Waals surface area contributed by atoms with E-state index in [1.54, 1.807) is 30.6 Å². The number of nitrogens with zero attached hydrogens (tertiary/aromatic N) is 4. The first-order chi connectivity index (χ1) is 12.7. The molecule has 4 aromatic rings. The fraction of sp³-hybridized carbons (Fsp3) is 0.105. The van der Waals surface area contributed by atoms with Crippen LogP contribution in [0.5, 0.6) is 0 Å². The lowest BCUT2D eigenvalue weighted by Crippen LogP contribution is -2.05. The summed E-state index contributed by atoms with van der Waals surface area (Å²) in [5.41, 5.74) is 3.64. The molecule has 0 fully saturated rings. The summed E-state index contributed by atoms with van der Waals surface area (Å²) in [5, 5.41) is 3.94. The predicted molar refractivity (Wildman–Crippen MR) is 93.1 cm³/mol. The van der Waals surface area contributed by atoms with Gasteiger partial charge in [0.25, 0.3) is 5.89 Å². The Morgan fingerprint density at radius 1 is 1.08 bits per heavy atom. The molecule has 0 atom stereocenters. The molecule has 0 saturated heterocycles. The zero-order valence-electron chi connectivity index (χ0n) is 13.9. The van der Waals surface area contributed by atoms with Crippen LogP contribution in [0.4, 0.5) is 0 Å². The van der Waals surface area contributed by atoms with Gasteiger partial charge in [0.1, 0.15) is 0 Å². The van der Waals surface area contributed by atoms with Crippen LogP contribution in [0.1, 0.15) is 21.8 Å². The van der Waals surface area contributed by atoms with E-state index in [1.165, 1.54) is 0 Å². The number of esters is 1. The molecule has 2 aromatic carbocycles. The smallest absolute Gasteiger partial charge is 0.338 e. The molecule has 2 aromatic heterocycles. The minimum atomic E-state index is -0.492. The number of benzene rings is 2. The highest BCUT2D eigenvalue weighted by Crippen LogP contribution is 2.20. The molecule has 0 aliphatic heterocycles. The summed E-state index contributed by atoms with van der Waals surface area (Å²) >= 11 is 0. The van der Waals surface area contributed by atoms with Crippen molar-refractivity contribution in [3.05, 3.63) is 71.9 Å². The van der Waals surface area contributed by atoms with Gasteiger partial charge in [0.15, 0.2) is 6.61 Å². The molecular weight excluding hydrogens is 332 g/mol. The number of rotatable bonds is 4. The molecule has 2 heterocycles. The fourth-order valence-electron chi connectivity index (χ4n) is 2.55. The quantitative estimate of drug-likeness (QED) is 0.523. The van der Waals surface area contributed by atoms with Crippen molar-refractivity contribution in [3.63, 3.8) is 0 Å². The number of fused-ring (bicyclic) bond motifs is 1. The van der Waals surface area contributed by atoms with Gasteiger partial charge in [-0.05, 0) is 30.7 Å². The van der Waals surface area contributed by atoms with Gasteiger partial charge in [0, 0.05) is 18.0 Å². The maximum absolute atomic E-state index is 12.2. The SMILES string of the molecule is Cc1ccccc1-c1noc(COC(=O)c2ccc3nccnc3c2)n1. The summed E-state index contributed by atoms with van der Waals surface area (Å²) in [6.45, 7) is 1.87. The van der Waals surface area contributed by atoms with Crippen LogP contribution in [-0.2, 0) is 11.3 Å². The van der Waals surface area contributed by atoms with Crippen LogP contribution in [0, 0.1) is 6.92 Å². The lowest BCUT2D eigenvalue weighted by Gasteiger charge is -2.03. The van der Waals surface area contributed by atoms with Crippen molar-refractivity contribution in [1.82, 2.24) is 20.1 Å². The molecule has 0 spiro atoms. The highest BCUT2D eigenvalue weighted by atomic mass is 16.6. The first-order valence-corrected chi connectivity index (χ1v) is 7.97. The van der Waals surface area contributed by atoms with E-state index in [9.17, 15) is 4.79 Å². The lowest BCUT2D eigenvalue weighted by atomic mass is 10.1. The minimum absolute atomic E-state index is 0.101. The number of carbonyl (C=O) groups excluding carboxylic acids is 1. The molecular formula is C19H14N4O3. The Bertz CT molecular complexity index is 1090. The second-order valence-corrected chi connectivity index (χ2v) is 5.66. The summed E-state index contributed by atoms with van der Waals surface area (Å²) in [7, 11) is 0. The Morgan fingerprint density at radius 2 is 1.88 bits per heavy atom. The van der Waals surface area contributed by atoms with Gasteiger partial charge in [-0.3, -0.25) is 9.97 Å². The summed E-state index contributed by atoms with van der Waals surface area (Å²) in [6, 6.07) is 12.7. The van der Waals surface area contributed by atoms with Gasteiger partial charge in [0.2, 0.25) is 5.82 Å². The van der Waals surface area contributed by atoms with Crippen molar-refractivity contribution in [2.24, 2.45) is 0 Å². The third-order valence-corrected chi connectivity index (χ3v) is 3.89. The van der Waals surface area contributed by atoms with Gasteiger partial charge >= 0.3 is 5.97 Å². The Hall–Kier alpha value is -3.61. The molecule has 0 aliphatic carbocycles. The van der Waals surface area contributed by atoms with Crippen molar-refractivity contribution < 1.29 is 14.1 Å². The molecule has 7 nitrogen and oxygen atoms in total. The third kappa shape index (κ3) is 3.14. The summed E-state index contributed by atoms with van der Waals surface area (Å²) in [4.78, 5) is 24.9. The van der Waals surface area contributed by atoms with E-state index in [4.69, 9.17) is 9.26 Å². The van der Waals surface area contributed by atoms with Crippen LogP contribution in [-0.4, -0.2) is 26.1 Å². The first kappa shape index (κ1) is 15.9. The van der Waals surface area contributed by atoms with Gasteiger partial charge in [-0.1, -0.05) is 29.4 Å². The van der Waals surface area contributed by atoms with Crippen LogP contribution < -0.4 is 0 Å². The van der Waals surface area contributed by atoms with Gasteiger partial charge in [-0.2, -0.15) is 4.98 Å². The summed E-state index contributed by atoms with van der Waals surface area (Å²) in [5.74, 6) is 0.209. The second kappa shape index (κ2) is 6.72. The lowest BCUT2D eigenvalue weighted by molar-refractivity contribution is 0.0430. The van der Waals surface area contributed by atoms with E-state index >= 15 is 0 Å². The number of hydrogen-bond donors (Lipinski definition) is 0. The molecule has 128 valence electrons. The zero-order chi connectivity index (χ0) is 17.9. The fourth-order valence-corrected chi connectivity index (χ4v) is 2.55. The Morgan fingerprint density at radius 3 is 2.73 bits per heavy atom. The average Bonchev–Trinajstić information content (AvgIpc) is 3.15. The topological polar surface area (TPSA) is 91.0 Å². The van der Waals surface area contributed by atoms with Crippen molar-refractivity contribution >= 4 is 17.0 Å². The van der Waals surface area contributed by atoms with Crippen LogP contribution in [0.25, 0.3) is 22.4 Å². The molecule has 4 rings (SSSR count). The summed E-state index contributed by atoms with van der Waals surface area (Å²) < 4.78 is 10.4. The van der Waals surface area contributed by atoms with E-state index < -0.39 is 5.97 Å². The predicted octanol–water partition coefficient (Wildman–Crippen LogP) is 3.35. The number of carbonyl (C=O) groups is 1. The largest absolute Gasteiger partial charge is 0.452 e. The first-order valence-electron chi connectivity index (χ1n) is 7.97. The molecule has 26 heavy (non-hydrogen) atoms. The molecule has 0 unspecified atom stereocenters. The van der Waals surface area contributed by atoms with E-state index in [2.05, 4.69) is 20.1 Å². The van der Waals surface area contributed by atoms with Gasteiger partial charge in [0.05, 0.1) is 16.6 Å². The standard InChI is InChI=1S/C19H14N4O3/c1-12-4-2-3-5-14(12)18-22-17(26-23-18)11-25-19(24)13-6-7-15-16(10-13)21-9-8-20-15/h2-10H,11H2,1H3. The van der Waals surface area contributed by atoms with Gasteiger partial charge < -0.3 is 9.26 Å². The van der Waals surface area contributed by atoms with Crippen LogP contribution in [0.2, 0.25) is 0 Å². The van der Waals surface area contributed by atoms with E-state index in [0.717, 1.165) is 11.1 Å². The highest BCUT2D eigenvalue weighted by molar-refractivity contribution is 5.93. The summed E-state index contributed by atoms with van der Waals surface area (Å²) in [6.07, 6.45) is 3.17. The Labute approximate surface area is 148 Å². The number of aromatic nitrogens is 4. The molecule has 0 amide bonds. The normalized spacial score (nSPS) is 10.8. The average molecular weight is 346 g/mol. The van der Waals surface area contributed by atoms with Crippen LogP contribution in [0.3, 0.4) is 0 Å². The van der Waals surface area contributed by atoms with Gasteiger partial charge in [-0.15, -0.1) is 0 Å². The molecule has 7 heteroatoms. The zero-order valence-corrected chi connectivity index (χ0v) is 13.9. The Balaban J connectivity index is 1.47. The van der Waals surface area contributed by atoms with Gasteiger partial charge in [-0.25, -0.2) is 4.79 Å². The van der Waals surface area contributed by atoms with Crippen molar-refractivity contribution in [2.45, 2.75) is 13.5 Å². The van der Waals surface area contributed by atoms with E-state index in [1.807, 2.05) is 31.2 Å². The van der Waals surface area contributed by atoms with E-state index in [0.29, 0.717) is 22.4 Å². The number of aryl methyl sites for hydroxylation is 1. The molecule has 0 saturated carbocycles.